The predicted octanol–water partition coefficient (Wildman–Crippen LogP) is 1.95. The molecule has 0 saturated heterocycles. The van der Waals surface area contributed by atoms with Crippen molar-refractivity contribution in [2.45, 2.75) is 39.5 Å². The van der Waals surface area contributed by atoms with E-state index in [1.165, 1.54) is 12.8 Å². The molecule has 1 N–H and O–H groups in total. The third-order valence-electron chi connectivity index (χ3n) is 1.60. The summed E-state index contributed by atoms with van der Waals surface area (Å²) in [7, 11) is 0. The first-order valence-corrected chi connectivity index (χ1v) is 4.08. The van der Waals surface area contributed by atoms with Crippen LogP contribution in [0.5, 0.6) is 0 Å². The van der Waals surface area contributed by atoms with Crippen molar-refractivity contribution in [1.29, 1.82) is 0 Å². The maximum absolute atomic E-state index is 10.3. The van der Waals surface area contributed by atoms with Gasteiger partial charge in [0, 0.05) is 5.57 Å². The number of carboxylic acids is 1. The van der Waals surface area contributed by atoms with Crippen molar-refractivity contribution >= 4 is 35.5 Å². The minimum atomic E-state index is -0.804. The van der Waals surface area contributed by atoms with Gasteiger partial charge in [0.15, 0.2) is 0 Å². The van der Waals surface area contributed by atoms with Gasteiger partial charge >= 0.3 is 35.5 Å². The Morgan fingerprint density at radius 3 is 2.42 bits per heavy atom. The third-order valence-corrected chi connectivity index (χ3v) is 1.60. The molecular weight excluding hydrogens is 163 g/mol. The van der Waals surface area contributed by atoms with E-state index < -0.39 is 5.97 Å². The number of rotatable bonds is 5. The van der Waals surface area contributed by atoms with Crippen LogP contribution in [0.1, 0.15) is 39.5 Å². The van der Waals surface area contributed by atoms with Crippen molar-refractivity contribution in [2.24, 2.45) is 0 Å². The van der Waals surface area contributed by atoms with Crippen LogP contribution >= 0.6 is 0 Å². The van der Waals surface area contributed by atoms with Crippen LogP contribution in [0.25, 0.3) is 0 Å². The summed E-state index contributed by atoms with van der Waals surface area (Å²) < 4.78 is 0. The summed E-state index contributed by atoms with van der Waals surface area (Å²) in [5, 5.41) is 8.47. The van der Waals surface area contributed by atoms with Gasteiger partial charge in [-0.1, -0.05) is 25.8 Å². The van der Waals surface area contributed by atoms with Crippen molar-refractivity contribution < 1.29 is 9.90 Å². The molecule has 0 bridgehead atoms. The second-order valence-corrected chi connectivity index (χ2v) is 2.69. The summed E-state index contributed by atoms with van der Waals surface area (Å²) in [6.07, 6.45) is 6.15. The second-order valence-electron chi connectivity index (χ2n) is 2.69. The van der Waals surface area contributed by atoms with Crippen molar-refractivity contribution in [1.82, 2.24) is 0 Å². The topological polar surface area (TPSA) is 37.3 Å². The fourth-order valence-corrected chi connectivity index (χ4v) is 0.800. The summed E-state index contributed by atoms with van der Waals surface area (Å²) in [6, 6.07) is 0. The second kappa shape index (κ2) is 9.30. The number of carbonyl (C=O) groups is 1. The fourth-order valence-electron chi connectivity index (χ4n) is 0.800. The van der Waals surface area contributed by atoms with E-state index in [4.69, 9.17) is 5.11 Å². The van der Waals surface area contributed by atoms with Gasteiger partial charge in [-0.2, -0.15) is 0 Å². The molecule has 2 nitrogen and oxygen atoms in total. The number of hydrogen-bond donors (Lipinski definition) is 1. The van der Waals surface area contributed by atoms with Crippen LogP contribution in [0.3, 0.4) is 0 Å². The zero-order chi connectivity index (χ0) is 8.69. The first kappa shape index (κ1) is 14.7. The Hall–Kier alpha value is 0.210. The molecule has 0 saturated carbocycles. The molecule has 0 spiro atoms. The molecule has 3 heteroatoms. The summed E-state index contributed by atoms with van der Waals surface area (Å²) in [5.74, 6) is -0.804. The van der Waals surface area contributed by atoms with E-state index in [-0.39, 0.29) is 29.6 Å². The van der Waals surface area contributed by atoms with Crippen molar-refractivity contribution in [3.05, 3.63) is 11.6 Å². The Labute approximate surface area is 96.3 Å². The third kappa shape index (κ3) is 8.31. The molecule has 0 aliphatic rings. The molecule has 66 valence electrons. The molecule has 0 aliphatic heterocycles. The van der Waals surface area contributed by atoms with Crippen LogP contribution in [-0.4, -0.2) is 40.6 Å². The first-order chi connectivity index (χ1) is 5.18. The number of carboxylic acid groups (broad SMARTS) is 1. The Kier molecular flexibility index (Phi) is 11.4. The van der Waals surface area contributed by atoms with E-state index in [2.05, 4.69) is 6.92 Å². The predicted molar refractivity (Wildman–Crippen MR) is 52.7 cm³/mol. The van der Waals surface area contributed by atoms with Gasteiger partial charge in [-0.25, -0.2) is 4.79 Å². The molecular formula is C9H17NaO2. The first-order valence-electron chi connectivity index (χ1n) is 4.08. The number of unbranched alkanes of at least 4 members (excludes halogenated alkanes) is 3. The van der Waals surface area contributed by atoms with E-state index in [0.717, 1.165) is 12.8 Å². The average molecular weight is 180 g/mol. The molecule has 0 heterocycles. The van der Waals surface area contributed by atoms with Crippen molar-refractivity contribution in [3.8, 4) is 0 Å². The molecule has 0 unspecified atom stereocenters. The van der Waals surface area contributed by atoms with Gasteiger partial charge in [0.2, 0.25) is 0 Å². The average Bonchev–Trinajstić information content (AvgIpc) is 1.97. The van der Waals surface area contributed by atoms with Crippen LogP contribution in [0.2, 0.25) is 0 Å². The molecule has 0 aromatic carbocycles. The number of hydrogen-bond acceptors (Lipinski definition) is 1. The molecule has 0 radical (unpaired) electrons. The van der Waals surface area contributed by atoms with Gasteiger partial charge in [0.25, 0.3) is 0 Å². The molecule has 0 aliphatic carbocycles. The quantitative estimate of drug-likeness (QED) is 0.399. The Morgan fingerprint density at radius 2 is 2.00 bits per heavy atom. The molecule has 0 aromatic heterocycles. The van der Waals surface area contributed by atoms with Crippen LogP contribution in [0.4, 0.5) is 0 Å². The van der Waals surface area contributed by atoms with Crippen molar-refractivity contribution in [3.63, 3.8) is 0 Å². The van der Waals surface area contributed by atoms with Gasteiger partial charge in [0.05, 0.1) is 0 Å². The van der Waals surface area contributed by atoms with Gasteiger partial charge in [-0.05, 0) is 19.8 Å². The van der Waals surface area contributed by atoms with Gasteiger partial charge < -0.3 is 5.11 Å². The molecule has 0 fully saturated rings. The summed E-state index contributed by atoms with van der Waals surface area (Å²) >= 11 is 0. The molecule has 0 atom stereocenters. The molecule has 0 rings (SSSR count). The van der Waals surface area contributed by atoms with E-state index in [1.54, 1.807) is 13.0 Å². The van der Waals surface area contributed by atoms with E-state index in [0.29, 0.717) is 5.57 Å². The van der Waals surface area contributed by atoms with Crippen LogP contribution in [0.15, 0.2) is 11.6 Å². The molecule has 12 heavy (non-hydrogen) atoms. The molecule has 0 amide bonds. The van der Waals surface area contributed by atoms with Gasteiger partial charge in [-0.3, -0.25) is 0 Å². The Bertz CT molecular complexity index is 153. The fraction of sp³-hybridized carbons (Fsp3) is 0.667. The summed E-state index contributed by atoms with van der Waals surface area (Å²) in [5.41, 5.74) is 0.459. The SMILES string of the molecule is CCCCCC=C(C)C(=O)O.[NaH]. The van der Waals surface area contributed by atoms with E-state index in [1.807, 2.05) is 0 Å². The van der Waals surface area contributed by atoms with Crippen molar-refractivity contribution in [2.75, 3.05) is 0 Å². The van der Waals surface area contributed by atoms with Gasteiger partial charge in [-0.15, -0.1) is 0 Å². The number of aliphatic carboxylic acids is 1. The summed E-state index contributed by atoms with van der Waals surface area (Å²) in [4.78, 5) is 10.3. The van der Waals surface area contributed by atoms with Crippen LogP contribution < -0.4 is 0 Å². The standard InChI is InChI=1S/C9H16O2.Na.H/c1-3-4-5-6-7-8(2)9(10)11;;/h7H,3-6H2,1-2H3,(H,10,11);;. The van der Waals surface area contributed by atoms with Gasteiger partial charge in [0.1, 0.15) is 0 Å². The zero-order valence-electron chi connectivity index (χ0n) is 7.26. The minimum absolute atomic E-state index is 0. The molecule has 0 aromatic rings. The summed E-state index contributed by atoms with van der Waals surface area (Å²) in [6.45, 7) is 3.77. The van der Waals surface area contributed by atoms with Crippen LogP contribution in [-0.2, 0) is 4.79 Å². The monoisotopic (exact) mass is 180 g/mol. The normalized spacial score (nSPS) is 10.7. The van der Waals surface area contributed by atoms with E-state index in [9.17, 15) is 4.79 Å². The zero-order valence-corrected chi connectivity index (χ0v) is 7.26. The number of allylic oxidation sites excluding steroid dienone is 1. The Balaban J connectivity index is 0. The van der Waals surface area contributed by atoms with Crippen LogP contribution in [0, 0.1) is 0 Å². The maximum atomic E-state index is 10.3. The Morgan fingerprint density at radius 1 is 1.42 bits per heavy atom. The van der Waals surface area contributed by atoms with E-state index >= 15 is 0 Å².